The molecule has 1 aromatic rings. The zero-order chi connectivity index (χ0) is 15.2. The Hall–Kier alpha value is -1.60. The number of aromatic nitrogens is 1. The van der Waals surface area contributed by atoms with Crippen LogP contribution in [0.2, 0.25) is 0 Å². The highest BCUT2D eigenvalue weighted by atomic mass is 15.1. The van der Waals surface area contributed by atoms with Crippen LogP contribution in [0.4, 0.5) is 5.82 Å². The van der Waals surface area contributed by atoms with E-state index in [2.05, 4.69) is 42.0 Å². The van der Waals surface area contributed by atoms with Gasteiger partial charge in [-0.1, -0.05) is 20.8 Å². The Morgan fingerprint density at radius 2 is 2.29 bits per heavy atom. The molecule has 4 nitrogen and oxygen atoms in total. The second-order valence-corrected chi connectivity index (χ2v) is 6.18. The van der Waals surface area contributed by atoms with Crippen molar-refractivity contribution in [2.24, 2.45) is 5.92 Å². The van der Waals surface area contributed by atoms with E-state index < -0.39 is 0 Å². The number of rotatable bonds is 5. The highest BCUT2D eigenvalue weighted by molar-refractivity contribution is 5.52. The van der Waals surface area contributed by atoms with Gasteiger partial charge in [-0.3, -0.25) is 0 Å². The van der Waals surface area contributed by atoms with Gasteiger partial charge in [-0.2, -0.15) is 5.26 Å². The van der Waals surface area contributed by atoms with Crippen LogP contribution in [0, 0.1) is 17.2 Å². The molecule has 0 saturated carbocycles. The van der Waals surface area contributed by atoms with E-state index in [1.165, 1.54) is 19.4 Å². The Balaban J connectivity index is 2.01. The minimum absolute atomic E-state index is 0.378. The third kappa shape index (κ3) is 4.18. The molecular formula is C17H26N4. The Labute approximate surface area is 128 Å². The van der Waals surface area contributed by atoms with E-state index in [1.807, 2.05) is 12.1 Å². The van der Waals surface area contributed by atoms with Gasteiger partial charge in [0.15, 0.2) is 0 Å². The van der Waals surface area contributed by atoms with Gasteiger partial charge in [0.25, 0.3) is 0 Å². The lowest BCUT2D eigenvalue weighted by Gasteiger charge is -2.32. The molecule has 21 heavy (non-hydrogen) atoms. The molecule has 1 fully saturated rings. The standard InChI is InChI=1S/C17H26N4/c1-4-21-9-5-6-14(12-21)11-19-17-15(10-18)7-8-16(20-17)13(2)3/h7-8,13-14H,4-6,9,11-12H2,1-3H3,(H,19,20)/t14-/m1/s1. The fourth-order valence-corrected chi connectivity index (χ4v) is 2.87. The van der Waals surface area contributed by atoms with E-state index in [-0.39, 0.29) is 0 Å². The fraction of sp³-hybridized carbons (Fsp3) is 0.647. The predicted molar refractivity (Wildman–Crippen MR) is 86.4 cm³/mol. The van der Waals surface area contributed by atoms with E-state index in [9.17, 15) is 5.26 Å². The lowest BCUT2D eigenvalue weighted by atomic mass is 9.98. The van der Waals surface area contributed by atoms with Crippen molar-refractivity contribution in [1.29, 1.82) is 5.26 Å². The van der Waals surface area contributed by atoms with Crippen molar-refractivity contribution in [3.8, 4) is 6.07 Å². The van der Waals surface area contributed by atoms with Crippen LogP contribution >= 0.6 is 0 Å². The first-order valence-corrected chi connectivity index (χ1v) is 8.01. The van der Waals surface area contributed by atoms with Crippen LogP contribution in [0.5, 0.6) is 0 Å². The summed E-state index contributed by atoms with van der Waals surface area (Å²) in [4.78, 5) is 7.12. The van der Waals surface area contributed by atoms with Gasteiger partial charge in [-0.25, -0.2) is 4.98 Å². The molecule has 0 unspecified atom stereocenters. The lowest BCUT2D eigenvalue weighted by molar-refractivity contribution is 0.189. The molecule has 0 aromatic carbocycles. The maximum absolute atomic E-state index is 9.23. The van der Waals surface area contributed by atoms with Gasteiger partial charge in [-0.05, 0) is 49.9 Å². The summed E-state index contributed by atoms with van der Waals surface area (Å²) in [5.74, 6) is 1.77. The summed E-state index contributed by atoms with van der Waals surface area (Å²) in [5, 5.41) is 12.6. The topological polar surface area (TPSA) is 52.0 Å². The number of hydrogen-bond donors (Lipinski definition) is 1. The van der Waals surface area contributed by atoms with Crippen molar-refractivity contribution in [1.82, 2.24) is 9.88 Å². The number of nitrogens with zero attached hydrogens (tertiary/aromatic N) is 3. The van der Waals surface area contributed by atoms with Crippen molar-refractivity contribution in [2.75, 3.05) is 31.5 Å². The highest BCUT2D eigenvalue weighted by Crippen LogP contribution is 2.20. The zero-order valence-corrected chi connectivity index (χ0v) is 13.4. The van der Waals surface area contributed by atoms with Crippen LogP contribution in [-0.4, -0.2) is 36.1 Å². The summed E-state index contributed by atoms with van der Waals surface area (Å²) in [6, 6.07) is 6.07. The maximum atomic E-state index is 9.23. The van der Waals surface area contributed by atoms with Gasteiger partial charge >= 0.3 is 0 Å². The minimum atomic E-state index is 0.378. The van der Waals surface area contributed by atoms with E-state index in [1.54, 1.807) is 0 Å². The second kappa shape index (κ2) is 7.42. The number of pyridine rings is 1. The SMILES string of the molecule is CCN1CCC[C@H](CNc2nc(C(C)C)ccc2C#N)C1. The largest absolute Gasteiger partial charge is 0.369 e. The smallest absolute Gasteiger partial charge is 0.144 e. The molecule has 2 rings (SSSR count). The third-order valence-electron chi connectivity index (χ3n) is 4.24. The molecule has 0 aliphatic carbocycles. The Morgan fingerprint density at radius 3 is 2.95 bits per heavy atom. The number of likely N-dealkylation sites (tertiary alicyclic amines) is 1. The predicted octanol–water partition coefficient (Wildman–Crippen LogP) is 3.22. The summed E-state index contributed by atoms with van der Waals surface area (Å²) in [7, 11) is 0. The average Bonchev–Trinajstić information content (AvgIpc) is 2.52. The zero-order valence-electron chi connectivity index (χ0n) is 13.4. The number of nitrogens with one attached hydrogen (secondary N) is 1. The third-order valence-corrected chi connectivity index (χ3v) is 4.24. The molecule has 1 aromatic heterocycles. The minimum Gasteiger partial charge on any atom is -0.369 e. The number of piperidine rings is 1. The molecule has 114 valence electrons. The molecule has 0 spiro atoms. The Bertz CT molecular complexity index is 504. The molecule has 4 heteroatoms. The van der Waals surface area contributed by atoms with Crippen LogP contribution in [-0.2, 0) is 0 Å². The summed E-state index contributed by atoms with van der Waals surface area (Å²) in [5.41, 5.74) is 1.68. The van der Waals surface area contributed by atoms with Crippen molar-refractivity contribution >= 4 is 5.82 Å². The maximum Gasteiger partial charge on any atom is 0.144 e. The first-order chi connectivity index (χ1) is 10.1. The van der Waals surface area contributed by atoms with Crippen LogP contribution in [0.1, 0.15) is 50.8 Å². The molecule has 1 N–H and O–H groups in total. The van der Waals surface area contributed by atoms with Crippen LogP contribution in [0.15, 0.2) is 12.1 Å². The molecule has 1 aliphatic heterocycles. The molecular weight excluding hydrogens is 260 g/mol. The van der Waals surface area contributed by atoms with Gasteiger partial charge in [0.05, 0.1) is 5.56 Å². The Kier molecular flexibility index (Phi) is 5.58. The van der Waals surface area contributed by atoms with Crippen molar-refractivity contribution in [3.05, 3.63) is 23.4 Å². The molecule has 0 amide bonds. The highest BCUT2D eigenvalue weighted by Gasteiger charge is 2.19. The fourth-order valence-electron chi connectivity index (χ4n) is 2.87. The number of anilines is 1. The summed E-state index contributed by atoms with van der Waals surface area (Å²) in [6.07, 6.45) is 2.53. The average molecular weight is 286 g/mol. The van der Waals surface area contributed by atoms with E-state index in [4.69, 9.17) is 0 Å². The summed E-state index contributed by atoms with van der Waals surface area (Å²) >= 11 is 0. The van der Waals surface area contributed by atoms with E-state index in [0.717, 1.165) is 31.1 Å². The molecule has 2 heterocycles. The molecule has 1 atom stereocenters. The number of nitriles is 1. The monoisotopic (exact) mass is 286 g/mol. The van der Waals surface area contributed by atoms with Gasteiger partial charge in [0, 0.05) is 18.8 Å². The van der Waals surface area contributed by atoms with E-state index >= 15 is 0 Å². The van der Waals surface area contributed by atoms with Gasteiger partial charge in [-0.15, -0.1) is 0 Å². The normalized spacial score (nSPS) is 19.5. The molecule has 1 aliphatic rings. The molecule has 0 radical (unpaired) electrons. The van der Waals surface area contributed by atoms with Gasteiger partial charge < -0.3 is 10.2 Å². The lowest BCUT2D eigenvalue weighted by Crippen LogP contribution is -2.37. The van der Waals surface area contributed by atoms with Crippen molar-refractivity contribution < 1.29 is 0 Å². The molecule has 0 bridgehead atoms. The quantitative estimate of drug-likeness (QED) is 0.903. The summed E-state index contributed by atoms with van der Waals surface area (Å²) in [6.45, 7) is 10.9. The Morgan fingerprint density at radius 1 is 1.48 bits per heavy atom. The van der Waals surface area contributed by atoms with Crippen molar-refractivity contribution in [2.45, 2.75) is 39.5 Å². The number of hydrogen-bond acceptors (Lipinski definition) is 4. The van der Waals surface area contributed by atoms with Crippen molar-refractivity contribution in [3.63, 3.8) is 0 Å². The van der Waals surface area contributed by atoms with E-state index in [0.29, 0.717) is 17.4 Å². The summed E-state index contributed by atoms with van der Waals surface area (Å²) < 4.78 is 0. The van der Waals surface area contributed by atoms with Gasteiger partial charge in [0.1, 0.15) is 11.9 Å². The second-order valence-electron chi connectivity index (χ2n) is 6.18. The first-order valence-electron chi connectivity index (χ1n) is 8.01. The first kappa shape index (κ1) is 15.8. The van der Waals surface area contributed by atoms with Gasteiger partial charge in [0.2, 0.25) is 0 Å². The van der Waals surface area contributed by atoms with Crippen LogP contribution in [0.3, 0.4) is 0 Å². The van der Waals surface area contributed by atoms with Crippen LogP contribution < -0.4 is 5.32 Å². The van der Waals surface area contributed by atoms with Crippen LogP contribution in [0.25, 0.3) is 0 Å². The molecule has 1 saturated heterocycles.